The molecule has 19 heavy (non-hydrogen) atoms. The molecule has 0 aromatic carbocycles. The molecule has 1 aliphatic rings. The van der Waals surface area contributed by atoms with Crippen LogP contribution in [0.4, 0.5) is 0 Å². The molecule has 0 aliphatic heterocycles. The zero-order valence-corrected chi connectivity index (χ0v) is 11.9. The number of aliphatic hydroxyl groups excluding tert-OH is 1. The van der Waals surface area contributed by atoms with Gasteiger partial charge in [0.15, 0.2) is 0 Å². The van der Waals surface area contributed by atoms with Gasteiger partial charge in [0.25, 0.3) is 0 Å². The van der Waals surface area contributed by atoms with E-state index in [1.807, 2.05) is 19.1 Å². The van der Waals surface area contributed by atoms with E-state index in [1.165, 1.54) is 6.42 Å². The van der Waals surface area contributed by atoms with Crippen molar-refractivity contribution in [1.82, 2.24) is 0 Å². The van der Waals surface area contributed by atoms with Crippen molar-refractivity contribution in [2.24, 2.45) is 11.3 Å². The summed E-state index contributed by atoms with van der Waals surface area (Å²) in [7, 11) is 0. The van der Waals surface area contributed by atoms with Crippen molar-refractivity contribution in [1.29, 1.82) is 5.26 Å². The van der Waals surface area contributed by atoms with Crippen molar-refractivity contribution in [3.8, 4) is 6.07 Å². The second-order valence-electron chi connectivity index (χ2n) is 5.68. The van der Waals surface area contributed by atoms with E-state index in [4.69, 9.17) is 4.42 Å². The third kappa shape index (κ3) is 2.69. The Balaban J connectivity index is 2.15. The third-order valence-corrected chi connectivity index (χ3v) is 4.62. The maximum atomic E-state index is 10.5. The van der Waals surface area contributed by atoms with Crippen molar-refractivity contribution in [2.75, 3.05) is 0 Å². The summed E-state index contributed by atoms with van der Waals surface area (Å²) in [6.45, 7) is 4.21. The fourth-order valence-electron chi connectivity index (χ4n) is 3.05. The molecule has 1 atom stereocenters. The van der Waals surface area contributed by atoms with Crippen LogP contribution in [0.25, 0.3) is 0 Å². The molecule has 1 heterocycles. The minimum absolute atomic E-state index is 0.549. The Morgan fingerprint density at radius 3 is 2.58 bits per heavy atom. The Hall–Kier alpha value is -1.27. The molecule has 0 spiro atoms. The lowest BCUT2D eigenvalue weighted by Crippen LogP contribution is -2.32. The zero-order chi connectivity index (χ0) is 13.9. The Labute approximate surface area is 115 Å². The third-order valence-electron chi connectivity index (χ3n) is 4.62. The number of nitrogens with zero attached hydrogens (tertiary/aromatic N) is 1. The highest BCUT2D eigenvalue weighted by molar-refractivity contribution is 5.17. The molecule has 1 N–H and O–H groups in total. The predicted molar refractivity (Wildman–Crippen MR) is 73.3 cm³/mol. The molecule has 1 saturated carbocycles. The topological polar surface area (TPSA) is 57.2 Å². The van der Waals surface area contributed by atoms with E-state index in [-0.39, 0.29) is 0 Å². The maximum Gasteiger partial charge on any atom is 0.134 e. The Morgan fingerprint density at radius 1 is 1.42 bits per heavy atom. The summed E-state index contributed by atoms with van der Waals surface area (Å²) < 4.78 is 5.63. The zero-order valence-electron chi connectivity index (χ0n) is 11.9. The Bertz CT molecular complexity index is 450. The first-order valence-electron chi connectivity index (χ1n) is 7.33. The van der Waals surface area contributed by atoms with Crippen LogP contribution in [0.5, 0.6) is 0 Å². The first-order chi connectivity index (χ1) is 9.15. The number of aliphatic hydroxyl groups is 1. The van der Waals surface area contributed by atoms with Gasteiger partial charge < -0.3 is 9.52 Å². The SMILES string of the molecule is CCc1ccc(C(O)C2(C#N)CCC(CC)CC2)o1. The standard InChI is InChI=1S/C16H23NO2/c1-3-12-7-9-16(11-17,10-8-12)15(18)14-6-5-13(4-2)19-14/h5-6,12,15,18H,3-4,7-10H2,1-2H3. The van der Waals surface area contributed by atoms with E-state index in [0.717, 1.165) is 37.9 Å². The van der Waals surface area contributed by atoms with Gasteiger partial charge in [-0.1, -0.05) is 20.3 Å². The van der Waals surface area contributed by atoms with Gasteiger partial charge in [0.2, 0.25) is 0 Å². The van der Waals surface area contributed by atoms with E-state index in [2.05, 4.69) is 13.0 Å². The van der Waals surface area contributed by atoms with Crippen molar-refractivity contribution in [2.45, 2.75) is 58.5 Å². The lowest BCUT2D eigenvalue weighted by molar-refractivity contribution is 0.00897. The summed E-state index contributed by atoms with van der Waals surface area (Å²) >= 11 is 0. The number of furan rings is 1. The fourth-order valence-corrected chi connectivity index (χ4v) is 3.05. The summed E-state index contributed by atoms with van der Waals surface area (Å²) in [6.07, 6.45) is 4.78. The second kappa shape index (κ2) is 5.79. The predicted octanol–water partition coefficient (Wildman–Crippen LogP) is 3.99. The van der Waals surface area contributed by atoms with Crippen LogP contribution in [-0.4, -0.2) is 5.11 Å². The molecule has 0 amide bonds. The first kappa shape index (κ1) is 14.1. The molecule has 0 saturated heterocycles. The summed E-state index contributed by atoms with van der Waals surface area (Å²) in [6, 6.07) is 6.08. The molecule has 1 fully saturated rings. The van der Waals surface area contributed by atoms with Gasteiger partial charge in [0.1, 0.15) is 17.6 Å². The molecule has 3 nitrogen and oxygen atoms in total. The van der Waals surface area contributed by atoms with Crippen LogP contribution in [0.3, 0.4) is 0 Å². The number of nitriles is 1. The fraction of sp³-hybridized carbons (Fsp3) is 0.688. The van der Waals surface area contributed by atoms with Gasteiger partial charge in [0, 0.05) is 6.42 Å². The van der Waals surface area contributed by atoms with Crippen molar-refractivity contribution < 1.29 is 9.52 Å². The summed E-state index contributed by atoms with van der Waals surface area (Å²) in [5.41, 5.74) is -0.658. The summed E-state index contributed by atoms with van der Waals surface area (Å²) in [5, 5.41) is 20.1. The van der Waals surface area contributed by atoms with E-state index >= 15 is 0 Å². The molecule has 1 aliphatic carbocycles. The van der Waals surface area contributed by atoms with Crippen molar-refractivity contribution in [3.05, 3.63) is 23.7 Å². The van der Waals surface area contributed by atoms with Crippen molar-refractivity contribution in [3.63, 3.8) is 0 Å². The lowest BCUT2D eigenvalue weighted by Gasteiger charge is -2.37. The summed E-state index contributed by atoms with van der Waals surface area (Å²) in [4.78, 5) is 0. The van der Waals surface area contributed by atoms with Crippen LogP contribution >= 0.6 is 0 Å². The van der Waals surface area contributed by atoms with Crippen LogP contribution in [0.2, 0.25) is 0 Å². The molecule has 1 unspecified atom stereocenters. The van der Waals surface area contributed by atoms with E-state index in [0.29, 0.717) is 11.7 Å². The highest BCUT2D eigenvalue weighted by Crippen LogP contribution is 2.47. The van der Waals surface area contributed by atoms with Crippen LogP contribution in [-0.2, 0) is 6.42 Å². The second-order valence-corrected chi connectivity index (χ2v) is 5.68. The minimum atomic E-state index is -0.796. The molecule has 2 rings (SSSR count). The highest BCUT2D eigenvalue weighted by atomic mass is 16.4. The largest absolute Gasteiger partial charge is 0.463 e. The van der Waals surface area contributed by atoms with Crippen LogP contribution < -0.4 is 0 Å². The average Bonchev–Trinajstić information content (AvgIpc) is 2.95. The molecule has 3 heteroatoms. The van der Waals surface area contributed by atoms with Gasteiger partial charge >= 0.3 is 0 Å². The molecule has 1 aromatic rings. The number of hydrogen-bond donors (Lipinski definition) is 1. The molecule has 0 radical (unpaired) electrons. The molecule has 1 aromatic heterocycles. The lowest BCUT2D eigenvalue weighted by atomic mass is 9.67. The van der Waals surface area contributed by atoms with E-state index in [1.54, 1.807) is 0 Å². The molecular formula is C16H23NO2. The highest BCUT2D eigenvalue weighted by Gasteiger charge is 2.43. The van der Waals surface area contributed by atoms with Gasteiger partial charge in [-0.25, -0.2) is 0 Å². The number of aryl methyl sites for hydroxylation is 1. The smallest absolute Gasteiger partial charge is 0.134 e. The normalized spacial score (nSPS) is 28.8. The number of hydrogen-bond acceptors (Lipinski definition) is 3. The molecule has 0 bridgehead atoms. The van der Waals surface area contributed by atoms with Crippen molar-refractivity contribution >= 4 is 0 Å². The van der Waals surface area contributed by atoms with E-state index in [9.17, 15) is 10.4 Å². The Kier molecular flexibility index (Phi) is 4.31. The minimum Gasteiger partial charge on any atom is -0.463 e. The summed E-state index contributed by atoms with van der Waals surface area (Å²) in [5.74, 6) is 2.12. The Morgan fingerprint density at radius 2 is 2.11 bits per heavy atom. The van der Waals surface area contributed by atoms with Gasteiger partial charge in [0.05, 0.1) is 11.5 Å². The van der Waals surface area contributed by atoms with E-state index < -0.39 is 11.5 Å². The molecular weight excluding hydrogens is 238 g/mol. The van der Waals surface area contributed by atoms with Gasteiger partial charge in [-0.2, -0.15) is 5.26 Å². The van der Waals surface area contributed by atoms with Gasteiger partial charge in [-0.05, 0) is 43.7 Å². The molecule has 104 valence electrons. The monoisotopic (exact) mass is 261 g/mol. The van der Waals surface area contributed by atoms with Crippen LogP contribution in [0.1, 0.15) is 63.6 Å². The number of rotatable bonds is 4. The van der Waals surface area contributed by atoms with Gasteiger partial charge in [-0.3, -0.25) is 0 Å². The average molecular weight is 261 g/mol. The quantitative estimate of drug-likeness (QED) is 0.891. The van der Waals surface area contributed by atoms with Crippen LogP contribution in [0.15, 0.2) is 16.5 Å². The van der Waals surface area contributed by atoms with Gasteiger partial charge in [-0.15, -0.1) is 0 Å². The maximum absolute atomic E-state index is 10.5. The van der Waals surface area contributed by atoms with Crippen LogP contribution in [0, 0.1) is 22.7 Å². The first-order valence-corrected chi connectivity index (χ1v) is 7.33.